The van der Waals surface area contributed by atoms with E-state index in [0.717, 1.165) is 17.5 Å². The average molecular weight is 404 g/mol. The summed E-state index contributed by atoms with van der Waals surface area (Å²) in [5.41, 5.74) is 3.14. The van der Waals surface area contributed by atoms with E-state index < -0.39 is 10.0 Å². The molecule has 2 aromatic rings. The molecule has 0 spiro atoms. The number of methoxy groups -OCH3 is 2. The monoisotopic (exact) mass is 404 g/mol. The van der Waals surface area contributed by atoms with Gasteiger partial charge in [0.25, 0.3) is 0 Å². The number of carbonyl (C=O) groups excluding carboxylic acids is 1. The number of hydrogen-bond acceptors (Lipinski definition) is 5. The number of benzene rings is 2. The lowest BCUT2D eigenvalue weighted by Crippen LogP contribution is -2.34. The zero-order valence-electron chi connectivity index (χ0n) is 16.2. The highest BCUT2D eigenvalue weighted by Gasteiger charge is 2.20. The molecular weight excluding hydrogens is 380 g/mol. The first-order valence-corrected chi connectivity index (χ1v) is 10.5. The van der Waals surface area contributed by atoms with Crippen molar-refractivity contribution in [1.29, 1.82) is 0 Å². The zero-order chi connectivity index (χ0) is 20.3. The summed E-state index contributed by atoms with van der Waals surface area (Å²) >= 11 is 0. The fourth-order valence-electron chi connectivity index (χ4n) is 3.27. The summed E-state index contributed by atoms with van der Waals surface area (Å²) in [4.78, 5) is 13.4. The molecule has 0 bridgehead atoms. The van der Waals surface area contributed by atoms with Crippen LogP contribution in [-0.2, 0) is 33.5 Å². The number of sulfonamides is 1. The number of amides is 1. The van der Waals surface area contributed by atoms with E-state index in [1.165, 1.54) is 14.2 Å². The molecule has 3 rings (SSSR count). The normalized spacial score (nSPS) is 13.6. The molecule has 0 aliphatic carbocycles. The fraction of sp³-hybridized carbons (Fsp3) is 0.350. The number of hydrogen-bond donors (Lipinski definition) is 1. The summed E-state index contributed by atoms with van der Waals surface area (Å²) in [6.45, 7) is 2.72. The first-order valence-electron chi connectivity index (χ1n) is 8.89. The van der Waals surface area contributed by atoms with Crippen LogP contribution < -0.4 is 14.2 Å². The third kappa shape index (κ3) is 4.75. The molecule has 0 aromatic heterocycles. The number of nitrogens with one attached hydrogen (secondary N) is 1. The van der Waals surface area contributed by atoms with Crippen molar-refractivity contribution in [2.24, 2.45) is 0 Å². The Morgan fingerprint density at radius 1 is 1.07 bits per heavy atom. The van der Waals surface area contributed by atoms with E-state index in [4.69, 9.17) is 9.47 Å². The molecule has 1 amide bonds. The van der Waals surface area contributed by atoms with E-state index in [1.807, 2.05) is 6.07 Å². The molecule has 0 fully saturated rings. The Morgan fingerprint density at radius 2 is 1.75 bits per heavy atom. The molecule has 1 aliphatic rings. The maximum Gasteiger partial charge on any atom is 0.236 e. The maximum atomic E-state index is 12.7. The van der Waals surface area contributed by atoms with Crippen molar-refractivity contribution >= 4 is 21.6 Å². The standard InChI is InChI=1S/C20H24N2O5S/c1-14(23)22-7-6-16-4-5-18(10-17(16)12-22)21-28(24,25)13-15-8-19(26-2)11-20(9-15)27-3/h4-5,8-11,21H,6-7,12-13H2,1-3H3. The van der Waals surface area contributed by atoms with Gasteiger partial charge >= 0.3 is 0 Å². The predicted molar refractivity (Wildman–Crippen MR) is 107 cm³/mol. The van der Waals surface area contributed by atoms with Crippen molar-refractivity contribution in [3.05, 3.63) is 53.1 Å². The fourth-order valence-corrected chi connectivity index (χ4v) is 4.44. The highest BCUT2D eigenvalue weighted by molar-refractivity contribution is 7.91. The van der Waals surface area contributed by atoms with Gasteiger partial charge < -0.3 is 14.4 Å². The van der Waals surface area contributed by atoms with Crippen LogP contribution in [0.15, 0.2) is 36.4 Å². The Morgan fingerprint density at radius 3 is 2.36 bits per heavy atom. The summed E-state index contributed by atoms with van der Waals surface area (Å²) in [5.74, 6) is 0.867. The number of nitrogens with zero attached hydrogens (tertiary/aromatic N) is 1. The average Bonchev–Trinajstić information content (AvgIpc) is 2.66. The van der Waals surface area contributed by atoms with Gasteiger partial charge in [-0.3, -0.25) is 9.52 Å². The van der Waals surface area contributed by atoms with E-state index >= 15 is 0 Å². The van der Waals surface area contributed by atoms with Gasteiger partial charge in [-0.05, 0) is 47.4 Å². The number of fused-ring (bicyclic) bond motifs is 1. The summed E-state index contributed by atoms with van der Waals surface area (Å²) in [6.07, 6.45) is 0.769. The quantitative estimate of drug-likeness (QED) is 0.800. The molecule has 8 heteroatoms. The van der Waals surface area contributed by atoms with Crippen molar-refractivity contribution in [1.82, 2.24) is 4.90 Å². The van der Waals surface area contributed by atoms with Crippen LogP contribution in [0.5, 0.6) is 11.5 Å². The van der Waals surface area contributed by atoms with Gasteiger partial charge in [-0.2, -0.15) is 0 Å². The molecule has 0 saturated carbocycles. The topological polar surface area (TPSA) is 84.9 Å². The molecule has 150 valence electrons. The minimum absolute atomic E-state index is 0.0172. The Labute approximate surface area is 165 Å². The first-order chi connectivity index (χ1) is 13.3. The third-order valence-electron chi connectivity index (χ3n) is 4.71. The Balaban J connectivity index is 1.78. The SMILES string of the molecule is COc1cc(CS(=O)(=O)Nc2ccc3c(c2)CN(C(C)=O)CC3)cc(OC)c1. The van der Waals surface area contributed by atoms with Crippen molar-refractivity contribution in [2.75, 3.05) is 25.5 Å². The van der Waals surface area contributed by atoms with E-state index in [-0.39, 0.29) is 11.7 Å². The molecule has 0 atom stereocenters. The first kappa shape index (κ1) is 20.0. The molecule has 1 N–H and O–H groups in total. The Hall–Kier alpha value is -2.74. The minimum Gasteiger partial charge on any atom is -0.497 e. The number of anilines is 1. The molecule has 0 saturated heterocycles. The van der Waals surface area contributed by atoms with Gasteiger partial charge in [0.05, 0.1) is 20.0 Å². The van der Waals surface area contributed by atoms with Gasteiger partial charge in [0.15, 0.2) is 0 Å². The van der Waals surface area contributed by atoms with Crippen molar-refractivity contribution in [3.63, 3.8) is 0 Å². The summed E-state index contributed by atoms with van der Waals surface area (Å²) in [6, 6.07) is 10.5. The van der Waals surface area contributed by atoms with Gasteiger partial charge in [-0.25, -0.2) is 8.42 Å². The van der Waals surface area contributed by atoms with Gasteiger partial charge in [0, 0.05) is 31.8 Å². The van der Waals surface area contributed by atoms with Crippen LogP contribution in [-0.4, -0.2) is 40.0 Å². The lowest BCUT2D eigenvalue weighted by Gasteiger charge is -2.28. The highest BCUT2D eigenvalue weighted by Crippen LogP contribution is 2.26. The van der Waals surface area contributed by atoms with E-state index in [0.29, 0.717) is 35.8 Å². The lowest BCUT2D eigenvalue weighted by atomic mass is 9.99. The molecule has 0 radical (unpaired) electrons. The minimum atomic E-state index is -3.64. The molecule has 1 heterocycles. The van der Waals surface area contributed by atoms with Gasteiger partial charge in [0.2, 0.25) is 15.9 Å². The van der Waals surface area contributed by atoms with Crippen molar-refractivity contribution in [2.45, 2.75) is 25.6 Å². The van der Waals surface area contributed by atoms with Crippen LogP contribution in [0.4, 0.5) is 5.69 Å². The molecule has 28 heavy (non-hydrogen) atoms. The van der Waals surface area contributed by atoms with E-state index in [1.54, 1.807) is 42.2 Å². The summed E-state index contributed by atoms with van der Waals surface area (Å²) in [5, 5.41) is 0. The van der Waals surface area contributed by atoms with Crippen molar-refractivity contribution in [3.8, 4) is 11.5 Å². The van der Waals surface area contributed by atoms with Crippen LogP contribution in [0.1, 0.15) is 23.6 Å². The molecule has 7 nitrogen and oxygen atoms in total. The van der Waals surface area contributed by atoms with Crippen LogP contribution in [0.2, 0.25) is 0 Å². The molecular formula is C20H24N2O5S. The van der Waals surface area contributed by atoms with Crippen LogP contribution in [0.3, 0.4) is 0 Å². The summed E-state index contributed by atoms with van der Waals surface area (Å²) < 4.78 is 38.3. The van der Waals surface area contributed by atoms with Crippen LogP contribution >= 0.6 is 0 Å². The zero-order valence-corrected chi connectivity index (χ0v) is 17.0. The van der Waals surface area contributed by atoms with Gasteiger partial charge in [-0.15, -0.1) is 0 Å². The largest absolute Gasteiger partial charge is 0.497 e. The lowest BCUT2D eigenvalue weighted by molar-refractivity contribution is -0.129. The number of ether oxygens (including phenoxy) is 2. The molecule has 0 unspecified atom stereocenters. The number of rotatable bonds is 6. The van der Waals surface area contributed by atoms with Gasteiger partial charge in [0.1, 0.15) is 11.5 Å². The van der Waals surface area contributed by atoms with Crippen LogP contribution in [0.25, 0.3) is 0 Å². The Kier molecular flexibility index (Phi) is 5.79. The van der Waals surface area contributed by atoms with Crippen LogP contribution in [0, 0.1) is 0 Å². The van der Waals surface area contributed by atoms with E-state index in [9.17, 15) is 13.2 Å². The molecule has 2 aromatic carbocycles. The highest BCUT2D eigenvalue weighted by atomic mass is 32.2. The summed E-state index contributed by atoms with van der Waals surface area (Å²) in [7, 11) is -0.602. The second-order valence-electron chi connectivity index (χ2n) is 6.76. The maximum absolute atomic E-state index is 12.7. The smallest absolute Gasteiger partial charge is 0.236 e. The van der Waals surface area contributed by atoms with E-state index in [2.05, 4.69) is 4.72 Å². The van der Waals surface area contributed by atoms with Crippen molar-refractivity contribution < 1.29 is 22.7 Å². The Bertz CT molecular complexity index is 966. The second-order valence-corrected chi connectivity index (χ2v) is 8.48. The molecule has 1 aliphatic heterocycles. The third-order valence-corrected chi connectivity index (χ3v) is 5.97. The van der Waals surface area contributed by atoms with Gasteiger partial charge in [-0.1, -0.05) is 6.07 Å². The predicted octanol–water partition coefficient (Wildman–Crippen LogP) is 2.55. The number of carbonyl (C=O) groups is 1. The second kappa shape index (κ2) is 8.10.